The molecule has 2 amide bonds. The summed E-state index contributed by atoms with van der Waals surface area (Å²) in [6.45, 7) is 2.54. The quantitative estimate of drug-likeness (QED) is 0.430. The fraction of sp³-hybridized carbons (Fsp3) is 0.429. The van der Waals surface area contributed by atoms with E-state index < -0.39 is 0 Å². The van der Waals surface area contributed by atoms with Gasteiger partial charge < -0.3 is 24.7 Å². The van der Waals surface area contributed by atoms with Crippen LogP contribution >= 0.6 is 0 Å². The third-order valence-electron chi connectivity index (χ3n) is 6.82. The molecule has 4 rings (SSSR count). The van der Waals surface area contributed by atoms with E-state index in [1.807, 2.05) is 41.3 Å². The lowest BCUT2D eigenvalue weighted by Crippen LogP contribution is -2.43. The van der Waals surface area contributed by atoms with Crippen molar-refractivity contribution in [3.63, 3.8) is 0 Å². The Bertz CT molecular complexity index is 1130. The zero-order valence-corrected chi connectivity index (χ0v) is 20.6. The van der Waals surface area contributed by atoms with E-state index in [1.54, 1.807) is 14.2 Å². The van der Waals surface area contributed by atoms with Crippen molar-refractivity contribution in [1.29, 1.82) is 0 Å². The molecule has 35 heavy (non-hydrogen) atoms. The molecule has 0 aliphatic carbocycles. The minimum Gasteiger partial charge on any atom is -0.497 e. The molecule has 1 aliphatic heterocycles. The van der Waals surface area contributed by atoms with Gasteiger partial charge in [-0.1, -0.05) is 18.2 Å². The standard InChI is InChI=1S/C28H35N3O4/c1-34-19-5-16-29-28(33)21-14-17-31(18-15-21)26(32)13-12-24-23-6-3-4-7-25(23)30-27(24)20-8-10-22(35-2)11-9-20/h3-4,6-11,21,30H,5,12-19H2,1-2H3,(H,29,33). The molecule has 0 radical (unpaired) electrons. The van der Waals surface area contributed by atoms with E-state index in [-0.39, 0.29) is 17.7 Å². The van der Waals surface area contributed by atoms with Crippen LogP contribution in [0.25, 0.3) is 22.2 Å². The van der Waals surface area contributed by atoms with Gasteiger partial charge in [-0.2, -0.15) is 0 Å². The van der Waals surface area contributed by atoms with Gasteiger partial charge in [0.1, 0.15) is 5.75 Å². The Balaban J connectivity index is 1.37. The van der Waals surface area contributed by atoms with Crippen LogP contribution in [0.4, 0.5) is 0 Å². The number of rotatable bonds is 10. The second-order valence-corrected chi connectivity index (χ2v) is 9.05. The number of piperidine rings is 1. The number of carbonyl (C=O) groups is 2. The highest BCUT2D eigenvalue weighted by molar-refractivity contribution is 5.91. The predicted octanol–water partition coefficient (Wildman–Crippen LogP) is 4.17. The minimum absolute atomic E-state index is 0.0168. The zero-order valence-electron chi connectivity index (χ0n) is 20.6. The lowest BCUT2D eigenvalue weighted by molar-refractivity contribution is -0.135. The summed E-state index contributed by atoms with van der Waals surface area (Å²) in [6, 6.07) is 16.2. The number of hydrogen-bond donors (Lipinski definition) is 2. The molecule has 1 fully saturated rings. The van der Waals surface area contributed by atoms with Crippen LogP contribution in [0, 0.1) is 5.92 Å². The highest BCUT2D eigenvalue weighted by Crippen LogP contribution is 2.32. The number of fused-ring (bicyclic) bond motifs is 1. The zero-order chi connectivity index (χ0) is 24.6. The number of ether oxygens (including phenoxy) is 2. The lowest BCUT2D eigenvalue weighted by Gasteiger charge is -2.31. The van der Waals surface area contributed by atoms with Crippen molar-refractivity contribution >= 4 is 22.7 Å². The van der Waals surface area contributed by atoms with E-state index in [2.05, 4.69) is 22.4 Å². The lowest BCUT2D eigenvalue weighted by atomic mass is 9.95. The Hall–Kier alpha value is -3.32. The average Bonchev–Trinajstić information content (AvgIpc) is 3.28. The van der Waals surface area contributed by atoms with Crippen molar-refractivity contribution in [3.8, 4) is 17.0 Å². The van der Waals surface area contributed by atoms with Gasteiger partial charge in [-0.25, -0.2) is 0 Å². The number of aromatic amines is 1. The van der Waals surface area contributed by atoms with Crippen LogP contribution in [0.15, 0.2) is 48.5 Å². The smallest absolute Gasteiger partial charge is 0.223 e. The summed E-state index contributed by atoms with van der Waals surface area (Å²) in [4.78, 5) is 30.9. The number of nitrogens with zero attached hydrogens (tertiary/aromatic N) is 1. The number of aromatic nitrogens is 1. The molecule has 0 atom stereocenters. The maximum Gasteiger partial charge on any atom is 0.223 e. The molecule has 0 unspecified atom stereocenters. The summed E-state index contributed by atoms with van der Waals surface area (Å²) in [5, 5.41) is 4.14. The summed E-state index contributed by atoms with van der Waals surface area (Å²) in [5.74, 6) is 1.04. The molecule has 0 bridgehead atoms. The van der Waals surface area contributed by atoms with Crippen molar-refractivity contribution < 1.29 is 19.1 Å². The van der Waals surface area contributed by atoms with E-state index >= 15 is 0 Å². The molecule has 0 spiro atoms. The number of amides is 2. The van der Waals surface area contributed by atoms with Crippen LogP contribution in [-0.2, 0) is 20.7 Å². The number of likely N-dealkylation sites (tertiary alicyclic amines) is 1. The number of H-pyrrole nitrogens is 1. The highest BCUT2D eigenvalue weighted by atomic mass is 16.5. The van der Waals surface area contributed by atoms with E-state index in [4.69, 9.17) is 9.47 Å². The Kier molecular flexibility index (Phi) is 8.42. The van der Waals surface area contributed by atoms with Gasteiger partial charge in [-0.3, -0.25) is 9.59 Å². The highest BCUT2D eigenvalue weighted by Gasteiger charge is 2.27. The number of para-hydroxylation sites is 1. The van der Waals surface area contributed by atoms with Crippen LogP contribution in [0.5, 0.6) is 5.75 Å². The molecule has 1 aromatic heterocycles. The molecule has 2 N–H and O–H groups in total. The third kappa shape index (κ3) is 6.03. The molecular weight excluding hydrogens is 442 g/mol. The SMILES string of the molecule is COCCCNC(=O)C1CCN(C(=O)CCc2c(-c3ccc(OC)cc3)[nH]c3ccccc23)CC1. The molecule has 0 saturated carbocycles. The fourth-order valence-corrected chi connectivity index (χ4v) is 4.82. The Morgan fingerprint density at radius 3 is 2.51 bits per heavy atom. The first kappa shape index (κ1) is 24.8. The Labute approximate surface area is 206 Å². The molecule has 2 aromatic carbocycles. The van der Waals surface area contributed by atoms with Gasteiger partial charge in [-0.15, -0.1) is 0 Å². The summed E-state index contributed by atoms with van der Waals surface area (Å²) < 4.78 is 10.3. The molecule has 7 nitrogen and oxygen atoms in total. The summed E-state index contributed by atoms with van der Waals surface area (Å²) in [7, 11) is 3.32. The van der Waals surface area contributed by atoms with Crippen LogP contribution in [0.2, 0.25) is 0 Å². The van der Waals surface area contributed by atoms with Crippen molar-refractivity contribution in [2.45, 2.75) is 32.1 Å². The first-order chi connectivity index (χ1) is 17.1. The van der Waals surface area contributed by atoms with E-state index in [0.29, 0.717) is 51.9 Å². The molecule has 2 heterocycles. The maximum absolute atomic E-state index is 13.1. The van der Waals surface area contributed by atoms with Crippen LogP contribution in [0.3, 0.4) is 0 Å². The minimum atomic E-state index is -0.0168. The van der Waals surface area contributed by atoms with Gasteiger partial charge >= 0.3 is 0 Å². The number of aryl methyl sites for hydroxylation is 1. The maximum atomic E-state index is 13.1. The number of benzene rings is 2. The van der Waals surface area contributed by atoms with Crippen molar-refractivity contribution in [2.75, 3.05) is 40.5 Å². The Morgan fingerprint density at radius 1 is 1.06 bits per heavy atom. The van der Waals surface area contributed by atoms with Gasteiger partial charge in [0, 0.05) is 62.3 Å². The number of carbonyl (C=O) groups excluding carboxylic acids is 2. The van der Waals surface area contributed by atoms with Crippen LogP contribution in [-0.4, -0.2) is 62.2 Å². The molecule has 3 aromatic rings. The van der Waals surface area contributed by atoms with E-state index in [0.717, 1.165) is 39.9 Å². The van der Waals surface area contributed by atoms with Crippen molar-refractivity contribution in [1.82, 2.24) is 15.2 Å². The van der Waals surface area contributed by atoms with E-state index in [9.17, 15) is 9.59 Å². The van der Waals surface area contributed by atoms with Gasteiger partial charge in [0.15, 0.2) is 0 Å². The first-order valence-corrected chi connectivity index (χ1v) is 12.4. The molecular formula is C28H35N3O4. The fourth-order valence-electron chi connectivity index (χ4n) is 4.82. The van der Waals surface area contributed by atoms with Gasteiger partial charge in [0.25, 0.3) is 0 Å². The van der Waals surface area contributed by atoms with Crippen molar-refractivity contribution in [3.05, 3.63) is 54.1 Å². The monoisotopic (exact) mass is 477 g/mol. The Morgan fingerprint density at radius 2 is 1.80 bits per heavy atom. The van der Waals surface area contributed by atoms with Crippen LogP contribution in [0.1, 0.15) is 31.2 Å². The first-order valence-electron chi connectivity index (χ1n) is 12.4. The molecule has 186 valence electrons. The molecule has 7 heteroatoms. The normalized spacial score (nSPS) is 14.3. The third-order valence-corrected chi connectivity index (χ3v) is 6.82. The van der Waals surface area contributed by atoms with Gasteiger partial charge in [0.2, 0.25) is 11.8 Å². The molecule has 1 aliphatic rings. The summed E-state index contributed by atoms with van der Waals surface area (Å²) in [6.07, 6.45) is 3.34. The number of nitrogens with one attached hydrogen (secondary N) is 2. The predicted molar refractivity (Wildman–Crippen MR) is 137 cm³/mol. The van der Waals surface area contributed by atoms with Gasteiger partial charge in [0.05, 0.1) is 7.11 Å². The summed E-state index contributed by atoms with van der Waals surface area (Å²) in [5.41, 5.74) is 4.34. The second-order valence-electron chi connectivity index (χ2n) is 9.05. The van der Waals surface area contributed by atoms with E-state index in [1.165, 1.54) is 0 Å². The average molecular weight is 478 g/mol. The topological polar surface area (TPSA) is 83.7 Å². The number of hydrogen-bond acceptors (Lipinski definition) is 4. The largest absolute Gasteiger partial charge is 0.497 e. The second kappa shape index (κ2) is 11.9. The number of methoxy groups -OCH3 is 2. The van der Waals surface area contributed by atoms with Crippen molar-refractivity contribution in [2.24, 2.45) is 5.92 Å². The van der Waals surface area contributed by atoms with Crippen LogP contribution < -0.4 is 10.1 Å². The summed E-state index contributed by atoms with van der Waals surface area (Å²) >= 11 is 0. The molecule has 1 saturated heterocycles. The van der Waals surface area contributed by atoms with Gasteiger partial charge in [-0.05, 0) is 67.1 Å².